The van der Waals surface area contributed by atoms with Crippen LogP contribution in [-0.2, 0) is 13.6 Å². The quantitative estimate of drug-likeness (QED) is 0.744. The molecule has 6 heteroatoms. The summed E-state index contributed by atoms with van der Waals surface area (Å²) in [7, 11) is 1.78. The third-order valence-electron chi connectivity index (χ3n) is 3.31. The normalized spacial score (nSPS) is 10.6. The fraction of sp³-hybridized carbons (Fsp3) is 0.188. The lowest BCUT2D eigenvalue weighted by Gasteiger charge is -2.21. The fourth-order valence-corrected chi connectivity index (χ4v) is 2.91. The molecule has 112 valence electrons. The number of aromatic nitrogens is 3. The van der Waals surface area contributed by atoms with Gasteiger partial charge in [0.05, 0.1) is 12.2 Å². The first-order valence-electron chi connectivity index (χ1n) is 6.91. The topological polar surface area (TPSA) is 51.0 Å². The minimum atomic E-state index is -0.0792. The second kappa shape index (κ2) is 6.11. The van der Waals surface area contributed by atoms with Gasteiger partial charge < -0.3 is 4.90 Å². The van der Waals surface area contributed by atoms with E-state index in [4.69, 9.17) is 0 Å². The highest BCUT2D eigenvalue weighted by atomic mass is 32.1. The Bertz CT molecular complexity index is 765. The summed E-state index contributed by atoms with van der Waals surface area (Å²) in [5.74, 6) is -0.0792. The Labute approximate surface area is 132 Å². The maximum absolute atomic E-state index is 12.9. The standard InChI is InChI=1S/C16H16N4OS/c1-12-10-14(19(2)18-12)16(21)20(11-15-17-8-9-22-15)13-6-4-3-5-7-13/h3-10H,11H2,1-2H3. The van der Waals surface area contributed by atoms with Gasteiger partial charge in [-0.25, -0.2) is 4.98 Å². The maximum Gasteiger partial charge on any atom is 0.276 e. The van der Waals surface area contributed by atoms with Crippen molar-refractivity contribution in [2.24, 2.45) is 7.05 Å². The third-order valence-corrected chi connectivity index (χ3v) is 4.08. The number of nitrogens with zero attached hydrogens (tertiary/aromatic N) is 4. The lowest BCUT2D eigenvalue weighted by Crippen LogP contribution is -2.31. The average molecular weight is 312 g/mol. The number of aryl methyl sites for hydroxylation is 2. The first-order valence-corrected chi connectivity index (χ1v) is 7.79. The van der Waals surface area contributed by atoms with E-state index in [0.29, 0.717) is 12.2 Å². The molecular weight excluding hydrogens is 296 g/mol. The third kappa shape index (κ3) is 2.92. The van der Waals surface area contributed by atoms with Crippen molar-refractivity contribution in [3.63, 3.8) is 0 Å². The van der Waals surface area contributed by atoms with Crippen molar-refractivity contribution >= 4 is 22.9 Å². The molecule has 0 saturated heterocycles. The summed E-state index contributed by atoms with van der Waals surface area (Å²) < 4.78 is 1.62. The zero-order chi connectivity index (χ0) is 15.5. The number of para-hydroxylation sites is 1. The van der Waals surface area contributed by atoms with Crippen LogP contribution in [0, 0.1) is 6.92 Å². The number of amides is 1. The number of carbonyl (C=O) groups is 1. The molecule has 22 heavy (non-hydrogen) atoms. The van der Waals surface area contributed by atoms with Crippen molar-refractivity contribution in [1.29, 1.82) is 0 Å². The van der Waals surface area contributed by atoms with Gasteiger partial charge in [0.1, 0.15) is 10.7 Å². The van der Waals surface area contributed by atoms with E-state index in [1.54, 1.807) is 40.2 Å². The largest absolute Gasteiger partial charge is 0.300 e. The average Bonchev–Trinajstić information content (AvgIpc) is 3.14. The molecule has 0 aliphatic rings. The van der Waals surface area contributed by atoms with Crippen LogP contribution in [0.5, 0.6) is 0 Å². The molecule has 0 atom stereocenters. The molecule has 0 spiro atoms. The van der Waals surface area contributed by atoms with E-state index in [0.717, 1.165) is 16.4 Å². The summed E-state index contributed by atoms with van der Waals surface area (Å²) in [5, 5.41) is 7.07. The second-order valence-corrected chi connectivity index (χ2v) is 5.93. The number of benzene rings is 1. The van der Waals surface area contributed by atoms with Crippen molar-refractivity contribution in [2.45, 2.75) is 13.5 Å². The zero-order valence-electron chi connectivity index (χ0n) is 12.4. The second-order valence-electron chi connectivity index (χ2n) is 4.95. The van der Waals surface area contributed by atoms with E-state index in [9.17, 15) is 4.79 Å². The molecule has 2 aromatic heterocycles. The van der Waals surface area contributed by atoms with Gasteiger partial charge in [-0.3, -0.25) is 9.48 Å². The molecule has 3 rings (SSSR count). The monoisotopic (exact) mass is 312 g/mol. The smallest absolute Gasteiger partial charge is 0.276 e. The van der Waals surface area contributed by atoms with E-state index in [-0.39, 0.29) is 5.91 Å². The molecule has 1 amide bonds. The molecule has 0 bridgehead atoms. The Balaban J connectivity index is 1.97. The number of thiazole rings is 1. The molecule has 0 N–H and O–H groups in total. The molecule has 0 fully saturated rings. The van der Waals surface area contributed by atoms with Crippen LogP contribution in [0.1, 0.15) is 21.2 Å². The molecule has 0 aliphatic carbocycles. The van der Waals surface area contributed by atoms with E-state index >= 15 is 0 Å². The van der Waals surface area contributed by atoms with Gasteiger partial charge in [-0.2, -0.15) is 5.10 Å². The van der Waals surface area contributed by atoms with Crippen LogP contribution < -0.4 is 4.90 Å². The van der Waals surface area contributed by atoms with Crippen LogP contribution in [0.4, 0.5) is 5.69 Å². The molecule has 0 radical (unpaired) electrons. The number of anilines is 1. The number of hydrogen-bond donors (Lipinski definition) is 0. The predicted molar refractivity (Wildman–Crippen MR) is 87.0 cm³/mol. The molecule has 3 aromatic rings. The highest BCUT2D eigenvalue weighted by Gasteiger charge is 2.22. The minimum Gasteiger partial charge on any atom is -0.300 e. The predicted octanol–water partition coefficient (Wildman–Crippen LogP) is 3.03. The minimum absolute atomic E-state index is 0.0792. The SMILES string of the molecule is Cc1cc(C(=O)N(Cc2nccs2)c2ccccc2)n(C)n1. The highest BCUT2D eigenvalue weighted by Crippen LogP contribution is 2.21. The molecular formula is C16H16N4OS. The van der Waals surface area contributed by atoms with Crippen LogP contribution in [-0.4, -0.2) is 20.7 Å². The lowest BCUT2D eigenvalue weighted by molar-refractivity contribution is 0.0976. The summed E-state index contributed by atoms with van der Waals surface area (Å²) in [6, 6.07) is 11.4. The van der Waals surface area contributed by atoms with E-state index in [2.05, 4.69) is 10.1 Å². The van der Waals surface area contributed by atoms with Crippen molar-refractivity contribution in [2.75, 3.05) is 4.90 Å². The van der Waals surface area contributed by atoms with Gasteiger partial charge in [-0.15, -0.1) is 11.3 Å². The highest BCUT2D eigenvalue weighted by molar-refractivity contribution is 7.09. The number of rotatable bonds is 4. The summed E-state index contributed by atoms with van der Waals surface area (Å²) in [5.41, 5.74) is 2.24. The maximum atomic E-state index is 12.9. The molecule has 2 heterocycles. The van der Waals surface area contributed by atoms with Gasteiger partial charge in [-0.1, -0.05) is 18.2 Å². The molecule has 5 nitrogen and oxygen atoms in total. The molecule has 0 unspecified atom stereocenters. The van der Waals surface area contributed by atoms with Crippen LogP contribution >= 0.6 is 11.3 Å². The van der Waals surface area contributed by atoms with Gasteiger partial charge in [0.2, 0.25) is 0 Å². The number of hydrogen-bond acceptors (Lipinski definition) is 4. The van der Waals surface area contributed by atoms with Crippen LogP contribution in [0.2, 0.25) is 0 Å². The fourth-order valence-electron chi connectivity index (χ4n) is 2.30. The summed E-state index contributed by atoms with van der Waals surface area (Å²) in [4.78, 5) is 19.0. The Hall–Kier alpha value is -2.47. The lowest BCUT2D eigenvalue weighted by atomic mass is 10.2. The molecule has 1 aromatic carbocycles. The Kier molecular flexibility index (Phi) is 4.02. The summed E-state index contributed by atoms with van der Waals surface area (Å²) in [6.07, 6.45) is 1.75. The van der Waals surface area contributed by atoms with E-state index < -0.39 is 0 Å². The first-order chi connectivity index (χ1) is 10.6. The van der Waals surface area contributed by atoms with Gasteiger partial charge >= 0.3 is 0 Å². The molecule has 0 aliphatic heterocycles. The Morgan fingerprint density at radius 1 is 1.32 bits per heavy atom. The summed E-state index contributed by atoms with van der Waals surface area (Å²) >= 11 is 1.54. The Morgan fingerprint density at radius 2 is 2.09 bits per heavy atom. The zero-order valence-corrected chi connectivity index (χ0v) is 13.2. The van der Waals surface area contributed by atoms with Gasteiger partial charge in [0.15, 0.2) is 0 Å². The van der Waals surface area contributed by atoms with Gasteiger partial charge in [0, 0.05) is 24.3 Å². The van der Waals surface area contributed by atoms with E-state index in [1.807, 2.05) is 42.6 Å². The van der Waals surface area contributed by atoms with Crippen molar-refractivity contribution in [3.05, 3.63) is 64.4 Å². The van der Waals surface area contributed by atoms with Crippen LogP contribution in [0.15, 0.2) is 48.0 Å². The van der Waals surface area contributed by atoms with Gasteiger partial charge in [-0.05, 0) is 25.1 Å². The van der Waals surface area contributed by atoms with Crippen molar-refractivity contribution < 1.29 is 4.79 Å². The summed E-state index contributed by atoms with van der Waals surface area (Å²) in [6.45, 7) is 2.33. The molecule has 0 saturated carbocycles. The number of carbonyl (C=O) groups excluding carboxylic acids is 1. The van der Waals surface area contributed by atoms with E-state index in [1.165, 1.54) is 0 Å². The van der Waals surface area contributed by atoms with Crippen molar-refractivity contribution in [3.8, 4) is 0 Å². The first kappa shape index (κ1) is 14.5. The van der Waals surface area contributed by atoms with Gasteiger partial charge in [0.25, 0.3) is 5.91 Å². The Morgan fingerprint density at radius 3 is 2.68 bits per heavy atom. The van der Waals surface area contributed by atoms with Crippen LogP contribution in [0.25, 0.3) is 0 Å². The van der Waals surface area contributed by atoms with Crippen molar-refractivity contribution in [1.82, 2.24) is 14.8 Å². The van der Waals surface area contributed by atoms with Crippen LogP contribution in [0.3, 0.4) is 0 Å².